The average molecular weight is 206 g/mol. The molecule has 2 rings (SSSR count). The molecule has 0 radical (unpaired) electrons. The largest absolute Gasteiger partial charge is 0.395 e. The molecule has 0 saturated carbocycles. The molecule has 0 fully saturated rings. The van der Waals surface area contributed by atoms with Crippen LogP contribution in [-0.2, 0) is 4.79 Å². The summed E-state index contributed by atoms with van der Waals surface area (Å²) in [6.45, 7) is 2.42. The Balaban J connectivity index is 2.29. The summed E-state index contributed by atoms with van der Waals surface area (Å²) in [5.41, 5.74) is 2.93. The van der Waals surface area contributed by atoms with E-state index in [-0.39, 0.29) is 18.6 Å². The Morgan fingerprint density at radius 1 is 1.53 bits per heavy atom. The van der Waals surface area contributed by atoms with Crippen molar-refractivity contribution in [3.05, 3.63) is 29.3 Å². The number of aryl methyl sites for hydroxylation is 1. The summed E-state index contributed by atoms with van der Waals surface area (Å²) in [5, 5.41) is 14.6. The lowest BCUT2D eigenvalue weighted by Crippen LogP contribution is -2.29. The van der Waals surface area contributed by atoms with Crippen LogP contribution in [0.3, 0.4) is 0 Å². The maximum Gasteiger partial charge on any atom is 0.246 e. The lowest BCUT2D eigenvalue weighted by atomic mass is 10.1. The van der Waals surface area contributed by atoms with Gasteiger partial charge < -0.3 is 10.4 Å². The van der Waals surface area contributed by atoms with E-state index in [1.807, 2.05) is 25.1 Å². The standard InChI is InChI=1S/C11H14N2O2/c1-7-3-2-4-8-9(7)13-11(15)10(8)12-5-6-14/h2-4,10,12,14H,5-6H2,1H3,(H,13,15). The smallest absolute Gasteiger partial charge is 0.246 e. The Labute approximate surface area is 88.3 Å². The van der Waals surface area contributed by atoms with E-state index in [1.54, 1.807) is 0 Å². The first-order valence-electron chi connectivity index (χ1n) is 4.98. The Morgan fingerprint density at radius 3 is 3.07 bits per heavy atom. The summed E-state index contributed by atoms with van der Waals surface area (Å²) in [6, 6.07) is 5.50. The van der Waals surface area contributed by atoms with Gasteiger partial charge in [0.25, 0.3) is 0 Å². The van der Waals surface area contributed by atoms with Crippen LogP contribution in [0.4, 0.5) is 5.69 Å². The maximum atomic E-state index is 11.6. The van der Waals surface area contributed by atoms with Gasteiger partial charge in [-0.2, -0.15) is 0 Å². The van der Waals surface area contributed by atoms with Crippen LogP contribution in [-0.4, -0.2) is 24.2 Å². The number of aliphatic hydroxyl groups excluding tert-OH is 1. The van der Waals surface area contributed by atoms with Gasteiger partial charge in [0, 0.05) is 17.8 Å². The van der Waals surface area contributed by atoms with Gasteiger partial charge in [-0.15, -0.1) is 0 Å². The molecule has 4 heteroatoms. The van der Waals surface area contributed by atoms with Crippen LogP contribution in [0.5, 0.6) is 0 Å². The van der Waals surface area contributed by atoms with E-state index in [2.05, 4.69) is 10.6 Å². The number of carbonyl (C=O) groups is 1. The third-order valence-electron chi connectivity index (χ3n) is 2.59. The minimum absolute atomic E-state index is 0.0327. The van der Waals surface area contributed by atoms with Crippen molar-refractivity contribution in [1.82, 2.24) is 5.32 Å². The number of carbonyl (C=O) groups excluding carboxylic acids is 1. The first-order valence-corrected chi connectivity index (χ1v) is 4.98. The molecule has 1 aliphatic rings. The van der Waals surface area contributed by atoms with Crippen LogP contribution in [0.25, 0.3) is 0 Å². The zero-order chi connectivity index (χ0) is 10.8. The van der Waals surface area contributed by atoms with Crippen molar-refractivity contribution in [1.29, 1.82) is 0 Å². The van der Waals surface area contributed by atoms with Gasteiger partial charge in [0.15, 0.2) is 0 Å². The molecule has 1 aliphatic heterocycles. The third kappa shape index (κ3) is 1.73. The molecule has 1 heterocycles. The van der Waals surface area contributed by atoms with E-state index in [0.717, 1.165) is 16.8 Å². The van der Waals surface area contributed by atoms with Gasteiger partial charge in [-0.1, -0.05) is 18.2 Å². The quantitative estimate of drug-likeness (QED) is 0.677. The molecule has 80 valence electrons. The number of aliphatic hydroxyl groups is 1. The number of para-hydroxylation sites is 1. The number of hydrogen-bond acceptors (Lipinski definition) is 3. The number of amides is 1. The molecule has 1 aromatic carbocycles. The number of fused-ring (bicyclic) bond motifs is 1. The molecule has 1 amide bonds. The SMILES string of the molecule is Cc1cccc2c1NC(=O)C2NCCO. The summed E-state index contributed by atoms with van der Waals surface area (Å²) in [4.78, 5) is 11.6. The number of nitrogens with one attached hydrogen (secondary N) is 2. The number of hydrogen-bond donors (Lipinski definition) is 3. The molecule has 3 N–H and O–H groups in total. The van der Waals surface area contributed by atoms with Crippen molar-refractivity contribution in [2.45, 2.75) is 13.0 Å². The Hall–Kier alpha value is -1.39. The van der Waals surface area contributed by atoms with Crippen LogP contribution in [0, 0.1) is 6.92 Å². The first-order chi connectivity index (χ1) is 7.24. The summed E-state index contributed by atoms with van der Waals surface area (Å²) < 4.78 is 0. The topological polar surface area (TPSA) is 61.4 Å². The van der Waals surface area contributed by atoms with E-state index in [4.69, 9.17) is 5.11 Å². The molecular formula is C11H14N2O2. The molecule has 0 aliphatic carbocycles. The molecule has 15 heavy (non-hydrogen) atoms. The molecule has 1 atom stereocenters. The summed E-state index contributed by atoms with van der Waals surface area (Å²) >= 11 is 0. The second-order valence-corrected chi connectivity index (χ2v) is 3.64. The number of anilines is 1. The highest BCUT2D eigenvalue weighted by atomic mass is 16.3. The molecule has 1 aromatic rings. The number of benzene rings is 1. The monoisotopic (exact) mass is 206 g/mol. The van der Waals surface area contributed by atoms with Crippen LogP contribution >= 0.6 is 0 Å². The molecular weight excluding hydrogens is 192 g/mol. The van der Waals surface area contributed by atoms with Crippen molar-refractivity contribution in [3.8, 4) is 0 Å². The normalized spacial score (nSPS) is 18.8. The lowest BCUT2D eigenvalue weighted by molar-refractivity contribution is -0.117. The maximum absolute atomic E-state index is 11.6. The van der Waals surface area contributed by atoms with Crippen molar-refractivity contribution in [2.75, 3.05) is 18.5 Å². The van der Waals surface area contributed by atoms with Gasteiger partial charge in [-0.05, 0) is 12.5 Å². The number of rotatable bonds is 3. The summed E-state index contributed by atoms with van der Waals surface area (Å²) in [6.07, 6.45) is 0. The lowest BCUT2D eigenvalue weighted by Gasteiger charge is -2.09. The van der Waals surface area contributed by atoms with Gasteiger partial charge in [0.05, 0.1) is 6.61 Å². The minimum Gasteiger partial charge on any atom is -0.395 e. The van der Waals surface area contributed by atoms with E-state index in [9.17, 15) is 4.79 Å². The highest BCUT2D eigenvalue weighted by Gasteiger charge is 2.30. The Morgan fingerprint density at radius 2 is 2.33 bits per heavy atom. The predicted molar refractivity (Wildman–Crippen MR) is 57.6 cm³/mol. The zero-order valence-corrected chi connectivity index (χ0v) is 8.58. The minimum atomic E-state index is -0.327. The van der Waals surface area contributed by atoms with E-state index in [1.165, 1.54) is 0 Å². The van der Waals surface area contributed by atoms with Crippen LogP contribution < -0.4 is 10.6 Å². The van der Waals surface area contributed by atoms with Gasteiger partial charge >= 0.3 is 0 Å². The van der Waals surface area contributed by atoms with Gasteiger partial charge in [-0.3, -0.25) is 10.1 Å². The van der Waals surface area contributed by atoms with E-state index in [0.29, 0.717) is 6.54 Å². The fraction of sp³-hybridized carbons (Fsp3) is 0.364. The molecule has 0 aromatic heterocycles. The van der Waals surface area contributed by atoms with Crippen molar-refractivity contribution in [3.63, 3.8) is 0 Å². The zero-order valence-electron chi connectivity index (χ0n) is 8.58. The van der Waals surface area contributed by atoms with Crippen LogP contribution in [0.2, 0.25) is 0 Å². The Bertz CT molecular complexity index is 390. The van der Waals surface area contributed by atoms with Crippen molar-refractivity contribution in [2.24, 2.45) is 0 Å². The van der Waals surface area contributed by atoms with E-state index >= 15 is 0 Å². The molecule has 0 bridgehead atoms. The molecule has 0 saturated heterocycles. The van der Waals surface area contributed by atoms with Crippen molar-refractivity contribution < 1.29 is 9.90 Å². The highest BCUT2D eigenvalue weighted by Crippen LogP contribution is 2.32. The molecule has 1 unspecified atom stereocenters. The summed E-state index contributed by atoms with van der Waals surface area (Å²) in [7, 11) is 0. The van der Waals surface area contributed by atoms with Crippen LogP contribution in [0.1, 0.15) is 17.2 Å². The molecule has 4 nitrogen and oxygen atoms in total. The fourth-order valence-corrected chi connectivity index (χ4v) is 1.85. The van der Waals surface area contributed by atoms with E-state index < -0.39 is 0 Å². The van der Waals surface area contributed by atoms with Gasteiger partial charge in [0.2, 0.25) is 5.91 Å². The fourth-order valence-electron chi connectivity index (χ4n) is 1.85. The second-order valence-electron chi connectivity index (χ2n) is 3.64. The van der Waals surface area contributed by atoms with Gasteiger partial charge in [0.1, 0.15) is 6.04 Å². The van der Waals surface area contributed by atoms with Crippen LogP contribution in [0.15, 0.2) is 18.2 Å². The highest BCUT2D eigenvalue weighted by molar-refractivity contribution is 6.03. The predicted octanol–water partition coefficient (Wildman–Crippen LogP) is 0.570. The first kappa shape index (κ1) is 10.1. The van der Waals surface area contributed by atoms with Crippen molar-refractivity contribution >= 4 is 11.6 Å². The second kappa shape index (κ2) is 4.00. The third-order valence-corrected chi connectivity index (χ3v) is 2.59. The average Bonchev–Trinajstić information content (AvgIpc) is 2.54. The molecule has 0 spiro atoms. The Kier molecular flexibility index (Phi) is 2.70. The summed E-state index contributed by atoms with van der Waals surface area (Å²) in [5.74, 6) is -0.0484. The van der Waals surface area contributed by atoms with Gasteiger partial charge in [-0.25, -0.2) is 0 Å².